The van der Waals surface area contributed by atoms with Gasteiger partial charge >= 0.3 is 0 Å². The van der Waals surface area contributed by atoms with Gasteiger partial charge in [-0.3, -0.25) is 4.98 Å². The molecular weight excluding hydrogens is 320 g/mol. The molecule has 25 heavy (non-hydrogen) atoms. The zero-order chi connectivity index (χ0) is 17.6. The second-order valence-electron chi connectivity index (χ2n) is 5.08. The molecular formula is C15H8N10. The first-order valence-electron chi connectivity index (χ1n) is 7.00. The number of nitrogens with two attached hydrogens (primary N) is 2. The lowest BCUT2D eigenvalue weighted by Gasteiger charge is -2.07. The smallest absolute Gasteiger partial charge is 0.205 e. The van der Waals surface area contributed by atoms with Crippen LogP contribution in [0.3, 0.4) is 0 Å². The topological polar surface area (TPSA) is 168 Å². The summed E-state index contributed by atoms with van der Waals surface area (Å²) >= 11 is 0. The summed E-state index contributed by atoms with van der Waals surface area (Å²) in [6, 6.07) is 7.43. The summed E-state index contributed by atoms with van der Waals surface area (Å²) in [7, 11) is 0. The van der Waals surface area contributed by atoms with Crippen molar-refractivity contribution in [2.24, 2.45) is 0 Å². The van der Waals surface area contributed by atoms with Crippen molar-refractivity contribution in [3.63, 3.8) is 0 Å². The van der Waals surface area contributed by atoms with Crippen molar-refractivity contribution in [2.75, 3.05) is 11.5 Å². The third-order valence-electron chi connectivity index (χ3n) is 3.71. The van der Waals surface area contributed by atoms with Crippen molar-refractivity contribution in [3.8, 4) is 23.3 Å². The Morgan fingerprint density at radius 3 is 2.64 bits per heavy atom. The van der Waals surface area contributed by atoms with Crippen LogP contribution in [0, 0.1) is 22.7 Å². The lowest BCUT2D eigenvalue weighted by Crippen LogP contribution is -2.05. The highest BCUT2D eigenvalue weighted by atomic mass is 15.3. The minimum absolute atomic E-state index is 0.0275. The molecule has 0 atom stereocenters. The van der Waals surface area contributed by atoms with Gasteiger partial charge in [0.1, 0.15) is 23.5 Å². The molecule has 0 saturated carbocycles. The summed E-state index contributed by atoms with van der Waals surface area (Å²) < 4.78 is 1.27. The van der Waals surface area contributed by atoms with Crippen molar-refractivity contribution in [3.05, 3.63) is 35.8 Å². The summed E-state index contributed by atoms with van der Waals surface area (Å²) in [6.07, 6.45) is 3.21. The molecule has 4 rings (SSSR count). The van der Waals surface area contributed by atoms with Gasteiger partial charge in [-0.1, -0.05) is 6.07 Å². The van der Waals surface area contributed by atoms with E-state index >= 15 is 0 Å². The van der Waals surface area contributed by atoms with Gasteiger partial charge < -0.3 is 11.5 Å². The van der Waals surface area contributed by atoms with Crippen molar-refractivity contribution in [2.45, 2.75) is 0 Å². The van der Waals surface area contributed by atoms with Crippen LogP contribution in [0.25, 0.3) is 27.8 Å². The molecule has 118 valence electrons. The van der Waals surface area contributed by atoms with E-state index in [2.05, 4.69) is 31.3 Å². The van der Waals surface area contributed by atoms with E-state index in [-0.39, 0.29) is 34.2 Å². The summed E-state index contributed by atoms with van der Waals surface area (Å²) in [5.41, 5.74) is 13.6. The summed E-state index contributed by atoms with van der Waals surface area (Å²) in [6.45, 7) is 0. The number of nitrogen functional groups attached to an aromatic ring is 2. The fourth-order valence-electron chi connectivity index (χ4n) is 2.62. The number of hydrogen-bond donors (Lipinski definition) is 2. The Hall–Kier alpha value is -4.31. The zero-order valence-electron chi connectivity index (χ0n) is 12.5. The molecule has 10 nitrogen and oxygen atoms in total. The predicted molar refractivity (Wildman–Crippen MR) is 87.6 cm³/mol. The minimum atomic E-state index is -0.0586. The molecule has 0 spiro atoms. The minimum Gasteiger partial charge on any atom is -0.383 e. The molecule has 0 aliphatic carbocycles. The Kier molecular flexibility index (Phi) is 2.92. The van der Waals surface area contributed by atoms with E-state index in [9.17, 15) is 5.26 Å². The number of hydrogen-bond acceptors (Lipinski definition) is 9. The van der Waals surface area contributed by atoms with E-state index in [4.69, 9.17) is 16.7 Å². The number of aromatic nitrogens is 6. The van der Waals surface area contributed by atoms with E-state index in [0.29, 0.717) is 16.5 Å². The van der Waals surface area contributed by atoms with E-state index in [1.54, 1.807) is 24.5 Å². The number of nitriles is 2. The van der Waals surface area contributed by atoms with Crippen molar-refractivity contribution in [1.82, 2.24) is 29.8 Å². The zero-order valence-corrected chi connectivity index (χ0v) is 12.5. The quantitative estimate of drug-likeness (QED) is 0.509. The fourth-order valence-corrected chi connectivity index (χ4v) is 2.62. The van der Waals surface area contributed by atoms with Crippen molar-refractivity contribution < 1.29 is 0 Å². The van der Waals surface area contributed by atoms with Crippen LogP contribution in [0.1, 0.15) is 11.3 Å². The first-order chi connectivity index (χ1) is 12.2. The molecule has 10 heteroatoms. The molecule has 4 aromatic rings. The number of anilines is 2. The van der Waals surface area contributed by atoms with Crippen LogP contribution in [-0.4, -0.2) is 29.8 Å². The van der Waals surface area contributed by atoms with E-state index < -0.39 is 0 Å². The third-order valence-corrected chi connectivity index (χ3v) is 3.71. The molecule has 0 fully saturated rings. The van der Waals surface area contributed by atoms with Crippen LogP contribution in [0.5, 0.6) is 0 Å². The SMILES string of the molecule is N#Cc1nnc2c3c(-c4cccnc4)c(C#N)c(N)nc3nn2c1N. The Morgan fingerprint density at radius 1 is 1.12 bits per heavy atom. The Labute approximate surface area is 140 Å². The third kappa shape index (κ3) is 1.92. The highest BCUT2D eigenvalue weighted by molar-refractivity contribution is 6.06. The fraction of sp³-hybridized carbons (Fsp3) is 0. The standard InChI is InChI=1S/C15H8N10/c16-4-8-10(7-2-1-3-20-6-7)11-14(21-12(8)18)24-25-13(19)9(5-17)22-23-15(11)25/h1-3,6H,19H2,(H2,18,21,24). The van der Waals surface area contributed by atoms with E-state index in [1.165, 1.54) is 4.52 Å². The average Bonchev–Trinajstić information content (AvgIpc) is 3.00. The van der Waals surface area contributed by atoms with Crippen LogP contribution < -0.4 is 11.5 Å². The summed E-state index contributed by atoms with van der Waals surface area (Å²) in [5, 5.41) is 31.2. The highest BCUT2D eigenvalue weighted by Crippen LogP contribution is 2.35. The van der Waals surface area contributed by atoms with Gasteiger partial charge in [0.2, 0.25) is 5.69 Å². The molecule has 0 aliphatic rings. The lowest BCUT2D eigenvalue weighted by molar-refractivity contribution is 0.897. The lowest BCUT2D eigenvalue weighted by atomic mass is 9.99. The largest absolute Gasteiger partial charge is 0.383 e. The summed E-state index contributed by atoms with van der Waals surface area (Å²) in [5.74, 6) is 0.0593. The van der Waals surface area contributed by atoms with Crippen molar-refractivity contribution >= 4 is 28.3 Å². The summed E-state index contributed by atoms with van der Waals surface area (Å²) in [4.78, 5) is 8.24. The van der Waals surface area contributed by atoms with Gasteiger partial charge in [0.25, 0.3) is 0 Å². The van der Waals surface area contributed by atoms with Crippen LogP contribution >= 0.6 is 0 Å². The second kappa shape index (κ2) is 5.11. The van der Waals surface area contributed by atoms with Crippen LogP contribution in [0.4, 0.5) is 11.6 Å². The Morgan fingerprint density at radius 2 is 1.96 bits per heavy atom. The number of rotatable bonds is 1. The van der Waals surface area contributed by atoms with Crippen LogP contribution in [0.2, 0.25) is 0 Å². The first-order valence-corrected chi connectivity index (χ1v) is 7.00. The maximum Gasteiger partial charge on any atom is 0.205 e. The molecule has 0 radical (unpaired) electrons. The number of nitrogens with zero attached hydrogens (tertiary/aromatic N) is 8. The average molecular weight is 328 g/mol. The van der Waals surface area contributed by atoms with Crippen LogP contribution in [-0.2, 0) is 0 Å². The van der Waals surface area contributed by atoms with Gasteiger partial charge in [-0.05, 0) is 6.07 Å². The molecule has 4 heterocycles. The van der Waals surface area contributed by atoms with Gasteiger partial charge in [-0.25, -0.2) is 4.98 Å². The maximum atomic E-state index is 9.54. The number of pyridine rings is 2. The van der Waals surface area contributed by atoms with E-state index in [1.807, 2.05) is 6.07 Å². The monoisotopic (exact) mass is 328 g/mol. The van der Waals surface area contributed by atoms with Gasteiger partial charge in [-0.2, -0.15) is 15.0 Å². The normalized spacial score (nSPS) is 10.6. The van der Waals surface area contributed by atoms with Gasteiger partial charge in [0, 0.05) is 23.5 Å². The van der Waals surface area contributed by atoms with Crippen LogP contribution in [0.15, 0.2) is 24.5 Å². The molecule has 0 aliphatic heterocycles. The molecule has 4 aromatic heterocycles. The second-order valence-corrected chi connectivity index (χ2v) is 5.08. The molecule has 0 bridgehead atoms. The van der Waals surface area contributed by atoms with Gasteiger partial charge in [-0.15, -0.1) is 15.3 Å². The predicted octanol–water partition coefficient (Wildman–Crippen LogP) is 0.642. The molecule has 4 N–H and O–H groups in total. The number of fused-ring (bicyclic) bond motifs is 3. The molecule has 0 unspecified atom stereocenters. The Bertz CT molecular complexity index is 1230. The molecule has 0 saturated heterocycles. The van der Waals surface area contributed by atoms with E-state index in [0.717, 1.165) is 0 Å². The first kappa shape index (κ1) is 14.3. The molecule has 0 amide bonds. The van der Waals surface area contributed by atoms with Crippen molar-refractivity contribution in [1.29, 1.82) is 10.5 Å². The highest BCUT2D eigenvalue weighted by Gasteiger charge is 2.22. The Balaban J connectivity index is 2.26. The molecule has 0 aromatic carbocycles. The maximum absolute atomic E-state index is 9.54. The van der Waals surface area contributed by atoms with Gasteiger partial charge in [0.15, 0.2) is 17.1 Å². The van der Waals surface area contributed by atoms with Gasteiger partial charge in [0.05, 0.1) is 5.39 Å².